The number of nitrogens with one attached hydrogen (secondary N) is 1. The minimum atomic E-state index is -8.76. The fourth-order valence-corrected chi connectivity index (χ4v) is 2.17. The molecule has 0 heterocycles. The Labute approximate surface area is 182 Å². The maximum absolute atomic E-state index is 13.7. The first-order chi connectivity index (χ1) is 15.0. The number of carbonyl (C=O) groups is 1. The summed E-state index contributed by atoms with van der Waals surface area (Å²) >= 11 is 0. The van der Waals surface area contributed by atoms with Crippen molar-refractivity contribution >= 4 is 5.97 Å². The quantitative estimate of drug-likeness (QED) is 0.298. The number of hydrogen-bond donors (Lipinski definition) is 3. The standard InChI is InChI=1S/C14H12F17NO3/c1-2-4(6(34)35)32-3-5(33)7(15,16)8(17,18)9(19,20)10(21,22)11(23,24)12(25,26)13(27,28)14(29,30)31/h4-5,32-33H,2-3H2,1H3,(H,34,35)/t4-,5+/m0/s1. The number of aliphatic hydroxyl groups is 1. The van der Waals surface area contributed by atoms with Crippen LogP contribution in [0.25, 0.3) is 0 Å². The van der Waals surface area contributed by atoms with Gasteiger partial charge in [-0.05, 0) is 6.42 Å². The van der Waals surface area contributed by atoms with Crippen LogP contribution in [-0.4, -0.2) is 82.5 Å². The van der Waals surface area contributed by atoms with Crippen LogP contribution in [0.3, 0.4) is 0 Å². The summed E-state index contributed by atoms with van der Waals surface area (Å²) in [5.41, 5.74) is 0. The van der Waals surface area contributed by atoms with E-state index < -0.39 is 78.7 Å². The van der Waals surface area contributed by atoms with Crippen LogP contribution in [0.4, 0.5) is 74.6 Å². The van der Waals surface area contributed by atoms with E-state index in [1.165, 1.54) is 5.32 Å². The number of carboxylic acid groups (broad SMARTS) is 1. The highest BCUT2D eigenvalue weighted by Crippen LogP contribution is 2.64. The molecule has 0 spiro atoms. The van der Waals surface area contributed by atoms with Gasteiger partial charge in [-0.15, -0.1) is 0 Å². The molecule has 4 nitrogen and oxygen atoms in total. The van der Waals surface area contributed by atoms with Crippen molar-refractivity contribution in [3.8, 4) is 0 Å². The lowest BCUT2D eigenvalue weighted by Crippen LogP contribution is -2.75. The monoisotopic (exact) mass is 565 g/mol. The summed E-state index contributed by atoms with van der Waals surface area (Å²) in [5.74, 6) is -59.9. The molecule has 0 amide bonds. The molecule has 0 rings (SSSR count). The zero-order valence-electron chi connectivity index (χ0n) is 16.3. The minimum Gasteiger partial charge on any atom is -0.480 e. The molecule has 210 valence electrons. The van der Waals surface area contributed by atoms with Crippen LogP contribution < -0.4 is 5.32 Å². The maximum atomic E-state index is 13.7. The molecule has 0 fully saturated rings. The molecule has 0 saturated carbocycles. The van der Waals surface area contributed by atoms with E-state index >= 15 is 0 Å². The molecule has 0 unspecified atom stereocenters. The molecular weight excluding hydrogens is 553 g/mol. The first-order valence-electron chi connectivity index (χ1n) is 8.39. The predicted molar refractivity (Wildman–Crippen MR) is 76.4 cm³/mol. The summed E-state index contributed by atoms with van der Waals surface area (Å²) in [7, 11) is 0. The summed E-state index contributed by atoms with van der Waals surface area (Å²) in [6.07, 6.45) is -12.8. The highest BCUT2D eigenvalue weighted by atomic mass is 19.4. The first-order valence-corrected chi connectivity index (χ1v) is 8.39. The molecule has 0 bridgehead atoms. The largest absolute Gasteiger partial charge is 0.480 e. The molecule has 0 radical (unpaired) electrons. The number of aliphatic carboxylic acids is 1. The van der Waals surface area contributed by atoms with E-state index in [0.717, 1.165) is 6.92 Å². The zero-order chi connectivity index (χ0) is 28.9. The summed E-state index contributed by atoms with van der Waals surface area (Å²) in [4.78, 5) is 10.6. The van der Waals surface area contributed by atoms with E-state index in [1.807, 2.05) is 0 Å². The third-order valence-corrected chi connectivity index (χ3v) is 4.43. The Balaban J connectivity index is 6.51. The Kier molecular flexibility index (Phi) is 8.78. The highest BCUT2D eigenvalue weighted by Gasteiger charge is 2.95. The average molecular weight is 565 g/mol. The van der Waals surface area contributed by atoms with Crippen molar-refractivity contribution in [2.24, 2.45) is 0 Å². The first kappa shape index (κ1) is 33.2. The van der Waals surface area contributed by atoms with Crippen LogP contribution in [0.15, 0.2) is 0 Å². The highest BCUT2D eigenvalue weighted by molar-refractivity contribution is 5.73. The van der Waals surface area contributed by atoms with Crippen molar-refractivity contribution in [3.63, 3.8) is 0 Å². The van der Waals surface area contributed by atoms with E-state index in [1.54, 1.807) is 0 Å². The summed E-state index contributed by atoms with van der Waals surface area (Å²) in [5, 5.41) is 18.9. The Morgan fingerprint density at radius 3 is 1.26 bits per heavy atom. The summed E-state index contributed by atoms with van der Waals surface area (Å²) in [6.45, 7) is -1.16. The normalized spacial score (nSPS) is 17.3. The second-order valence-corrected chi connectivity index (χ2v) is 6.79. The molecule has 0 aromatic heterocycles. The van der Waals surface area contributed by atoms with Gasteiger partial charge < -0.3 is 15.5 Å². The van der Waals surface area contributed by atoms with Crippen molar-refractivity contribution in [2.45, 2.75) is 73.1 Å². The van der Waals surface area contributed by atoms with Crippen molar-refractivity contribution in [1.29, 1.82) is 0 Å². The lowest BCUT2D eigenvalue weighted by molar-refractivity contribution is -0.464. The van der Waals surface area contributed by atoms with Gasteiger partial charge in [-0.1, -0.05) is 6.92 Å². The Hall–Kier alpha value is -1.80. The Bertz CT molecular complexity index is 764. The van der Waals surface area contributed by atoms with Crippen molar-refractivity contribution in [3.05, 3.63) is 0 Å². The fraction of sp³-hybridized carbons (Fsp3) is 0.929. The topological polar surface area (TPSA) is 69.6 Å². The van der Waals surface area contributed by atoms with E-state index in [2.05, 4.69) is 0 Å². The van der Waals surface area contributed by atoms with E-state index in [0.29, 0.717) is 0 Å². The number of alkyl halides is 17. The van der Waals surface area contributed by atoms with Crippen molar-refractivity contribution < 1.29 is 89.6 Å². The van der Waals surface area contributed by atoms with Crippen LogP contribution in [0.2, 0.25) is 0 Å². The van der Waals surface area contributed by atoms with Gasteiger partial charge in [0.2, 0.25) is 0 Å². The van der Waals surface area contributed by atoms with Crippen LogP contribution in [-0.2, 0) is 4.79 Å². The van der Waals surface area contributed by atoms with Crippen LogP contribution in [0, 0.1) is 0 Å². The predicted octanol–water partition coefficient (Wildman–Crippen LogP) is 4.81. The smallest absolute Gasteiger partial charge is 0.460 e. The van der Waals surface area contributed by atoms with Gasteiger partial charge in [-0.3, -0.25) is 4.79 Å². The molecule has 0 saturated heterocycles. The number of hydrogen-bond acceptors (Lipinski definition) is 3. The number of carboxylic acids is 1. The molecule has 0 aromatic rings. The molecule has 0 aliphatic carbocycles. The maximum Gasteiger partial charge on any atom is 0.460 e. The van der Waals surface area contributed by atoms with Gasteiger partial charge in [0.25, 0.3) is 0 Å². The van der Waals surface area contributed by atoms with E-state index in [9.17, 15) is 79.4 Å². The molecular formula is C14H12F17NO3. The minimum absolute atomic E-state index is 0.563. The molecule has 0 aromatic carbocycles. The average Bonchev–Trinajstić information content (AvgIpc) is 2.65. The van der Waals surface area contributed by atoms with E-state index in [4.69, 9.17) is 10.2 Å². The summed E-state index contributed by atoms with van der Waals surface area (Å²) in [6, 6.07) is -1.97. The summed E-state index contributed by atoms with van der Waals surface area (Å²) < 4.78 is 223. The van der Waals surface area contributed by atoms with Gasteiger partial charge in [0.15, 0.2) is 0 Å². The fourth-order valence-electron chi connectivity index (χ4n) is 2.17. The van der Waals surface area contributed by atoms with Gasteiger partial charge >= 0.3 is 53.6 Å². The third kappa shape index (κ3) is 4.80. The number of halogens is 17. The Morgan fingerprint density at radius 2 is 0.971 bits per heavy atom. The second-order valence-electron chi connectivity index (χ2n) is 6.79. The van der Waals surface area contributed by atoms with Gasteiger partial charge in [-0.25, -0.2) is 0 Å². The lowest BCUT2D eigenvalue weighted by Gasteiger charge is -2.43. The molecule has 0 aliphatic heterocycles. The van der Waals surface area contributed by atoms with Crippen molar-refractivity contribution in [2.75, 3.05) is 6.54 Å². The van der Waals surface area contributed by atoms with Crippen LogP contribution in [0.1, 0.15) is 13.3 Å². The SMILES string of the molecule is CC[C@H](NC[C@@H](O)C(F)(F)C(F)(F)C(F)(F)C(F)(F)C(F)(F)C(F)(F)C(F)(F)C(F)(F)F)C(=O)O. The zero-order valence-corrected chi connectivity index (χ0v) is 16.3. The molecule has 35 heavy (non-hydrogen) atoms. The molecule has 21 heteroatoms. The van der Waals surface area contributed by atoms with E-state index in [-0.39, 0.29) is 0 Å². The van der Waals surface area contributed by atoms with Crippen LogP contribution in [0.5, 0.6) is 0 Å². The van der Waals surface area contributed by atoms with Gasteiger partial charge in [-0.2, -0.15) is 74.6 Å². The number of aliphatic hydroxyl groups excluding tert-OH is 1. The third-order valence-electron chi connectivity index (χ3n) is 4.43. The van der Waals surface area contributed by atoms with Crippen LogP contribution >= 0.6 is 0 Å². The molecule has 3 N–H and O–H groups in total. The Morgan fingerprint density at radius 1 is 0.657 bits per heavy atom. The second kappa shape index (κ2) is 9.25. The van der Waals surface area contributed by atoms with Gasteiger partial charge in [0, 0.05) is 6.54 Å². The molecule has 0 aliphatic rings. The van der Waals surface area contributed by atoms with Crippen molar-refractivity contribution in [1.82, 2.24) is 5.32 Å². The lowest BCUT2D eigenvalue weighted by atomic mass is 9.87. The van der Waals surface area contributed by atoms with Gasteiger partial charge in [0.05, 0.1) is 0 Å². The van der Waals surface area contributed by atoms with Gasteiger partial charge in [0.1, 0.15) is 12.1 Å². The number of rotatable bonds is 12. The molecule has 2 atom stereocenters.